The van der Waals surface area contributed by atoms with Crippen molar-refractivity contribution in [3.63, 3.8) is 0 Å². The number of aromatic nitrogens is 2. The molecule has 0 N–H and O–H groups in total. The van der Waals surface area contributed by atoms with Crippen molar-refractivity contribution in [3.05, 3.63) is 29.6 Å². The summed E-state index contributed by atoms with van der Waals surface area (Å²) in [6.07, 6.45) is 0. The van der Waals surface area contributed by atoms with Crippen molar-refractivity contribution in [2.24, 2.45) is 0 Å². The molecule has 0 aliphatic heterocycles. The molecule has 0 aliphatic rings. The fourth-order valence-electron chi connectivity index (χ4n) is 2.38. The van der Waals surface area contributed by atoms with E-state index in [9.17, 15) is 0 Å². The first-order chi connectivity index (χ1) is 8.96. The Morgan fingerprint density at radius 1 is 1.37 bits per heavy atom. The van der Waals surface area contributed by atoms with Crippen LogP contribution in [0.3, 0.4) is 0 Å². The van der Waals surface area contributed by atoms with Crippen LogP contribution in [-0.4, -0.2) is 21.8 Å². The lowest BCUT2D eigenvalue weighted by Crippen LogP contribution is -2.31. The first kappa shape index (κ1) is 14.4. The van der Waals surface area contributed by atoms with Crippen LogP contribution in [-0.2, 0) is 17.2 Å². The van der Waals surface area contributed by atoms with Crippen LogP contribution in [0, 0.1) is 6.92 Å². The Hall–Kier alpha value is -1.06. The summed E-state index contributed by atoms with van der Waals surface area (Å²) in [5.41, 5.74) is 3.12. The number of imidazole rings is 1. The second kappa shape index (κ2) is 5.51. The molecule has 0 saturated heterocycles. The van der Waals surface area contributed by atoms with Gasteiger partial charge in [0, 0.05) is 6.61 Å². The highest BCUT2D eigenvalue weighted by Gasteiger charge is 2.22. The lowest BCUT2D eigenvalue weighted by molar-refractivity contribution is -0.0220. The number of aryl methyl sites for hydroxylation is 1. The number of hydrogen-bond donors (Lipinski definition) is 0. The summed E-state index contributed by atoms with van der Waals surface area (Å²) in [7, 11) is 0. The van der Waals surface area contributed by atoms with Crippen molar-refractivity contribution < 1.29 is 4.74 Å². The third kappa shape index (κ3) is 3.10. The molecule has 104 valence electrons. The number of rotatable bonds is 5. The van der Waals surface area contributed by atoms with Gasteiger partial charge in [0.2, 0.25) is 0 Å². The van der Waals surface area contributed by atoms with Gasteiger partial charge in [-0.25, -0.2) is 4.98 Å². The third-order valence-electron chi connectivity index (χ3n) is 3.18. The van der Waals surface area contributed by atoms with E-state index in [1.54, 1.807) is 0 Å². The van der Waals surface area contributed by atoms with E-state index in [0.29, 0.717) is 12.5 Å². The third-order valence-corrected chi connectivity index (χ3v) is 3.42. The number of nitrogens with zero attached hydrogens (tertiary/aromatic N) is 2. The van der Waals surface area contributed by atoms with Gasteiger partial charge in [-0.1, -0.05) is 6.07 Å². The molecule has 0 saturated carbocycles. The van der Waals surface area contributed by atoms with Gasteiger partial charge in [0.25, 0.3) is 0 Å². The van der Waals surface area contributed by atoms with Crippen molar-refractivity contribution in [3.8, 4) is 0 Å². The summed E-state index contributed by atoms with van der Waals surface area (Å²) >= 11 is 6.03. The fourth-order valence-corrected chi connectivity index (χ4v) is 2.58. The molecule has 1 aromatic heterocycles. The lowest BCUT2D eigenvalue weighted by atomic mass is 10.1. The predicted octanol–water partition coefficient (Wildman–Crippen LogP) is 3.90. The second-order valence-corrected chi connectivity index (χ2v) is 5.70. The van der Waals surface area contributed by atoms with E-state index in [2.05, 4.69) is 42.5 Å². The zero-order chi connectivity index (χ0) is 14.0. The number of halogens is 1. The summed E-state index contributed by atoms with van der Waals surface area (Å²) in [6, 6.07) is 6.27. The van der Waals surface area contributed by atoms with Gasteiger partial charge in [0.05, 0.1) is 29.1 Å². The van der Waals surface area contributed by atoms with E-state index < -0.39 is 0 Å². The molecule has 0 aliphatic carbocycles. The molecule has 19 heavy (non-hydrogen) atoms. The Balaban J connectivity index is 2.48. The molecule has 3 nitrogen and oxygen atoms in total. The average Bonchev–Trinajstić information content (AvgIpc) is 2.66. The Morgan fingerprint density at radius 3 is 2.74 bits per heavy atom. The number of benzene rings is 1. The number of alkyl halides is 1. The van der Waals surface area contributed by atoms with Crippen LogP contribution < -0.4 is 0 Å². The van der Waals surface area contributed by atoms with Crippen molar-refractivity contribution in [2.45, 2.75) is 45.7 Å². The van der Waals surface area contributed by atoms with Crippen molar-refractivity contribution in [1.29, 1.82) is 0 Å². The molecule has 0 radical (unpaired) electrons. The molecule has 1 aromatic carbocycles. The van der Waals surface area contributed by atoms with Gasteiger partial charge in [-0.2, -0.15) is 0 Å². The SMILES string of the molecule is CCOC(C)(C)Cn1c(CCl)nc2ccc(C)cc21. The van der Waals surface area contributed by atoms with Gasteiger partial charge in [-0.15, -0.1) is 11.6 Å². The highest BCUT2D eigenvalue weighted by molar-refractivity contribution is 6.16. The Morgan fingerprint density at radius 2 is 2.11 bits per heavy atom. The number of fused-ring (bicyclic) bond motifs is 1. The smallest absolute Gasteiger partial charge is 0.124 e. The Bertz CT molecular complexity index is 575. The van der Waals surface area contributed by atoms with E-state index >= 15 is 0 Å². The van der Waals surface area contributed by atoms with Gasteiger partial charge in [0.15, 0.2) is 0 Å². The molecule has 0 atom stereocenters. The first-order valence-electron chi connectivity index (χ1n) is 6.62. The van der Waals surface area contributed by atoms with Crippen molar-refractivity contribution in [2.75, 3.05) is 6.61 Å². The van der Waals surface area contributed by atoms with Gasteiger partial charge in [-0.05, 0) is 45.4 Å². The molecule has 2 rings (SSSR count). The minimum Gasteiger partial charge on any atom is -0.374 e. The van der Waals surface area contributed by atoms with E-state index in [1.807, 2.05) is 13.0 Å². The van der Waals surface area contributed by atoms with Gasteiger partial charge >= 0.3 is 0 Å². The zero-order valence-electron chi connectivity index (χ0n) is 12.0. The predicted molar refractivity (Wildman–Crippen MR) is 79.7 cm³/mol. The molecule has 0 unspecified atom stereocenters. The molecule has 0 fully saturated rings. The average molecular weight is 281 g/mol. The first-order valence-corrected chi connectivity index (χ1v) is 7.16. The molecule has 0 spiro atoms. The van der Waals surface area contributed by atoms with Crippen LogP contribution in [0.1, 0.15) is 32.2 Å². The van der Waals surface area contributed by atoms with Crippen LogP contribution >= 0.6 is 11.6 Å². The largest absolute Gasteiger partial charge is 0.374 e. The normalized spacial score (nSPS) is 12.3. The topological polar surface area (TPSA) is 27.1 Å². The number of ether oxygens (including phenoxy) is 1. The van der Waals surface area contributed by atoms with Crippen LogP contribution in [0.4, 0.5) is 0 Å². The van der Waals surface area contributed by atoms with Crippen LogP contribution in [0.2, 0.25) is 0 Å². The van der Waals surface area contributed by atoms with Gasteiger partial charge in [0.1, 0.15) is 5.82 Å². The van der Waals surface area contributed by atoms with Crippen LogP contribution in [0.5, 0.6) is 0 Å². The van der Waals surface area contributed by atoms with E-state index in [0.717, 1.165) is 23.4 Å². The minimum atomic E-state index is -0.229. The fraction of sp³-hybridized carbons (Fsp3) is 0.533. The number of hydrogen-bond acceptors (Lipinski definition) is 2. The zero-order valence-corrected chi connectivity index (χ0v) is 12.8. The highest BCUT2D eigenvalue weighted by atomic mass is 35.5. The lowest BCUT2D eigenvalue weighted by Gasteiger charge is -2.26. The minimum absolute atomic E-state index is 0.229. The quantitative estimate of drug-likeness (QED) is 0.777. The summed E-state index contributed by atoms with van der Waals surface area (Å²) in [5, 5.41) is 0. The Labute approximate surface area is 119 Å². The van der Waals surface area contributed by atoms with Crippen molar-refractivity contribution in [1.82, 2.24) is 9.55 Å². The second-order valence-electron chi connectivity index (χ2n) is 5.43. The molecule has 2 aromatic rings. The molecular weight excluding hydrogens is 260 g/mol. The van der Waals surface area contributed by atoms with E-state index in [1.165, 1.54) is 5.56 Å². The summed E-state index contributed by atoms with van der Waals surface area (Å²) in [4.78, 5) is 4.59. The van der Waals surface area contributed by atoms with Crippen LogP contribution in [0.15, 0.2) is 18.2 Å². The monoisotopic (exact) mass is 280 g/mol. The van der Waals surface area contributed by atoms with Crippen LogP contribution in [0.25, 0.3) is 11.0 Å². The maximum Gasteiger partial charge on any atom is 0.124 e. The molecule has 4 heteroatoms. The molecule has 1 heterocycles. The Kier molecular flexibility index (Phi) is 4.16. The standard InChI is InChI=1S/C15H21ClN2O/c1-5-19-15(3,4)10-18-13-8-11(2)6-7-12(13)17-14(18)9-16/h6-8H,5,9-10H2,1-4H3. The molecule has 0 bridgehead atoms. The van der Waals surface area contributed by atoms with E-state index in [-0.39, 0.29) is 5.60 Å². The summed E-state index contributed by atoms with van der Waals surface area (Å²) in [6.45, 7) is 9.75. The maximum atomic E-state index is 6.03. The van der Waals surface area contributed by atoms with Gasteiger partial charge in [-0.3, -0.25) is 0 Å². The molecular formula is C15H21ClN2O. The van der Waals surface area contributed by atoms with E-state index in [4.69, 9.17) is 16.3 Å². The summed E-state index contributed by atoms with van der Waals surface area (Å²) in [5.74, 6) is 1.31. The highest BCUT2D eigenvalue weighted by Crippen LogP contribution is 2.23. The maximum absolute atomic E-state index is 6.03. The molecule has 0 amide bonds. The summed E-state index contributed by atoms with van der Waals surface area (Å²) < 4.78 is 7.96. The van der Waals surface area contributed by atoms with Crippen molar-refractivity contribution >= 4 is 22.6 Å². The van der Waals surface area contributed by atoms with Gasteiger partial charge < -0.3 is 9.30 Å².